The summed E-state index contributed by atoms with van der Waals surface area (Å²) in [6.07, 6.45) is 0. The highest BCUT2D eigenvalue weighted by atomic mass is 16.3. The first-order valence-electron chi connectivity index (χ1n) is 28.7. The van der Waals surface area contributed by atoms with E-state index in [1.54, 1.807) is 0 Å². The molecule has 0 aliphatic carbocycles. The molecule has 0 radical (unpaired) electrons. The molecule has 0 spiro atoms. The van der Waals surface area contributed by atoms with Crippen molar-refractivity contribution in [2.75, 3.05) is 0 Å². The summed E-state index contributed by atoms with van der Waals surface area (Å²) in [6.45, 7) is 0. The average molecular weight is 1070 g/mol. The van der Waals surface area contributed by atoms with Crippen LogP contribution in [-0.4, -0.2) is 8.80 Å². The van der Waals surface area contributed by atoms with Crippen LogP contribution in [0.5, 0.6) is 0 Å². The van der Waals surface area contributed by atoms with Gasteiger partial charge in [-0.3, -0.25) is 0 Å². The van der Waals surface area contributed by atoms with Crippen molar-refractivity contribution in [2.24, 2.45) is 0 Å². The van der Waals surface area contributed by atoms with E-state index in [2.05, 4.69) is 227 Å². The largest absolute Gasteiger partial charge is 0.455 e. The van der Waals surface area contributed by atoms with Gasteiger partial charge in [-0.05, 0) is 95.1 Å². The van der Waals surface area contributed by atoms with E-state index in [9.17, 15) is 0 Å². The summed E-state index contributed by atoms with van der Waals surface area (Å²) in [5, 5.41) is 18.5. The molecule has 386 valence electrons. The van der Waals surface area contributed by atoms with Gasteiger partial charge in [0.15, 0.2) is 0 Å². The van der Waals surface area contributed by atoms with Gasteiger partial charge in [-0.1, -0.05) is 170 Å². The van der Waals surface area contributed by atoms with E-state index in [0.29, 0.717) is 0 Å². The molecule has 21 aromatic rings. The average Bonchev–Trinajstić information content (AvgIpc) is 1.54. The van der Waals surface area contributed by atoms with Crippen LogP contribution in [-0.2, 0) is 0 Å². The molecule has 0 saturated heterocycles. The van der Waals surface area contributed by atoms with Crippen LogP contribution < -0.4 is 0 Å². The van der Waals surface area contributed by atoms with Gasteiger partial charge in [-0.2, -0.15) is 0 Å². The fourth-order valence-electron chi connectivity index (χ4n) is 15.3. The molecule has 0 unspecified atom stereocenters. The number of nitrogens with zero attached hydrogens (tertiary/aromatic N) is 2. The Kier molecular flexibility index (Phi) is 7.94. The van der Waals surface area contributed by atoms with Crippen LogP contribution in [0.3, 0.4) is 0 Å². The summed E-state index contributed by atoms with van der Waals surface area (Å²) in [4.78, 5) is 0. The quantitative estimate of drug-likeness (QED) is 0.176. The molecule has 0 saturated carbocycles. The minimum absolute atomic E-state index is 0.885. The molecule has 13 aromatic carbocycles. The van der Waals surface area contributed by atoms with Gasteiger partial charge in [-0.15, -0.1) is 0 Å². The lowest BCUT2D eigenvalue weighted by atomic mass is 9.93. The van der Waals surface area contributed by atoms with Crippen molar-refractivity contribution in [3.8, 4) is 44.5 Å². The molecule has 6 nitrogen and oxygen atoms in total. The second kappa shape index (κ2) is 15.4. The Morgan fingerprint density at radius 1 is 0.202 bits per heavy atom. The van der Waals surface area contributed by atoms with Crippen molar-refractivity contribution in [2.45, 2.75) is 0 Å². The van der Waals surface area contributed by atoms with Crippen molar-refractivity contribution in [3.63, 3.8) is 0 Å². The predicted molar refractivity (Wildman–Crippen MR) is 347 cm³/mol. The highest BCUT2D eigenvalue weighted by molar-refractivity contribution is 6.45. The Hall–Kier alpha value is -11.3. The van der Waals surface area contributed by atoms with Gasteiger partial charge < -0.3 is 26.5 Å². The Labute approximate surface area is 475 Å². The van der Waals surface area contributed by atoms with E-state index < -0.39 is 0 Å². The number of benzene rings is 13. The smallest absolute Gasteiger partial charge is 0.143 e. The first-order chi connectivity index (χ1) is 41.7. The van der Waals surface area contributed by atoms with Crippen molar-refractivity contribution in [3.05, 3.63) is 243 Å². The van der Waals surface area contributed by atoms with Gasteiger partial charge in [0, 0.05) is 108 Å². The molecule has 0 bridgehead atoms. The zero-order chi connectivity index (χ0) is 54.2. The molecule has 0 N–H and O–H groups in total. The van der Waals surface area contributed by atoms with Gasteiger partial charge in [0.25, 0.3) is 0 Å². The first kappa shape index (κ1) is 43.5. The van der Waals surface area contributed by atoms with E-state index in [0.717, 1.165) is 154 Å². The third-order valence-electron chi connectivity index (χ3n) is 18.8. The number of rotatable bonds is 4. The SMILES string of the molecule is c1ccc2c(c1)oc1c(-c3ccc4c(c3)c3c5c6cc(-c7cccc8c7oc7ccccc78)ccc6n6c7ccc(-c8cccc9c8oc8ccccc89)cc7c(c7c8cc(-c9cccc%10c9oc9ccccc9%10)ccc8n4c37)c56)cccc12. The van der Waals surface area contributed by atoms with Crippen molar-refractivity contribution < 1.29 is 17.7 Å². The van der Waals surface area contributed by atoms with Crippen LogP contribution in [0.1, 0.15) is 0 Å². The maximum Gasteiger partial charge on any atom is 0.143 e. The molecular formula is C78H40N2O4. The lowest BCUT2D eigenvalue weighted by Crippen LogP contribution is -1.84. The zero-order valence-corrected chi connectivity index (χ0v) is 44.6. The second-order valence-corrected chi connectivity index (χ2v) is 22.9. The monoisotopic (exact) mass is 1070 g/mol. The summed E-state index contributed by atoms with van der Waals surface area (Å²) in [5.41, 5.74) is 22.7. The predicted octanol–water partition coefficient (Wildman–Crippen LogP) is 22.3. The number of aromatic nitrogens is 2. The van der Waals surface area contributed by atoms with Crippen LogP contribution in [0, 0.1) is 0 Å². The number of hydrogen-bond donors (Lipinski definition) is 0. The standard InChI is InChI=1S/C78H40N2O4/c1-5-25-65-49(13-1)53-21-9-17-45(75(53)81-65)41-29-33-61-57(37-41)69-70-58-38-42(46-18-10-22-54-50-14-2-6-26-66(50)82-76(46)54)31-35-63(58)80-64-36-32-44(48-20-12-24-56-52-16-4-8-28-68(52)84-78(48)56)40-60(64)72(74(70)80)71-59-39-43(30-34-62(59)79(61)73(69)71)47-19-11-23-55-51-15-3-7-27-67(51)83-77(47)55/h1-40H. The van der Waals surface area contributed by atoms with E-state index in [4.69, 9.17) is 17.7 Å². The lowest BCUT2D eigenvalue weighted by molar-refractivity contribution is 0.669. The number of fused-ring (bicyclic) bond motifs is 26. The molecule has 8 heterocycles. The first-order valence-corrected chi connectivity index (χ1v) is 28.7. The summed E-state index contributed by atoms with van der Waals surface area (Å²) in [7, 11) is 0. The molecule has 6 heteroatoms. The molecular weight excluding hydrogens is 1030 g/mol. The van der Waals surface area contributed by atoms with Crippen LogP contribution in [0.2, 0.25) is 0 Å². The lowest BCUT2D eigenvalue weighted by Gasteiger charge is -2.08. The molecule has 8 aromatic heterocycles. The van der Waals surface area contributed by atoms with E-state index >= 15 is 0 Å². The molecule has 0 aliphatic heterocycles. The Bertz CT molecular complexity index is 5710. The highest BCUT2D eigenvalue weighted by Gasteiger charge is 2.31. The van der Waals surface area contributed by atoms with Gasteiger partial charge in [-0.25, -0.2) is 0 Å². The van der Waals surface area contributed by atoms with Gasteiger partial charge >= 0.3 is 0 Å². The maximum atomic E-state index is 6.76. The second-order valence-electron chi connectivity index (χ2n) is 22.9. The molecule has 0 atom stereocenters. The fourth-order valence-corrected chi connectivity index (χ4v) is 15.3. The molecule has 84 heavy (non-hydrogen) atoms. The van der Waals surface area contributed by atoms with E-state index in [-0.39, 0.29) is 0 Å². The molecule has 0 amide bonds. The molecule has 0 fully saturated rings. The third kappa shape index (κ3) is 5.37. The van der Waals surface area contributed by atoms with E-state index in [1.165, 1.54) is 54.1 Å². The molecule has 0 aliphatic rings. The summed E-state index contributed by atoms with van der Waals surface area (Å²) in [6, 6.07) is 87.9. The maximum absolute atomic E-state index is 6.76. The normalized spacial score (nSPS) is 12.8. The third-order valence-corrected chi connectivity index (χ3v) is 18.8. The number of hydrogen-bond acceptors (Lipinski definition) is 4. The minimum atomic E-state index is 0.885. The van der Waals surface area contributed by atoms with Crippen molar-refractivity contribution >= 4 is 164 Å². The van der Waals surface area contributed by atoms with Gasteiger partial charge in [0.05, 0.1) is 33.1 Å². The topological polar surface area (TPSA) is 61.4 Å². The van der Waals surface area contributed by atoms with Crippen molar-refractivity contribution in [1.82, 2.24) is 8.80 Å². The number of para-hydroxylation sites is 8. The van der Waals surface area contributed by atoms with Crippen LogP contribution in [0.15, 0.2) is 260 Å². The Morgan fingerprint density at radius 3 is 0.702 bits per heavy atom. The minimum Gasteiger partial charge on any atom is -0.455 e. The fraction of sp³-hybridized carbons (Fsp3) is 0. The van der Waals surface area contributed by atoms with Gasteiger partial charge in [0.2, 0.25) is 0 Å². The van der Waals surface area contributed by atoms with Gasteiger partial charge in [0.1, 0.15) is 44.7 Å². The summed E-state index contributed by atoms with van der Waals surface area (Å²) in [5.74, 6) is 0. The highest BCUT2D eigenvalue weighted by Crippen LogP contribution is 2.54. The zero-order valence-electron chi connectivity index (χ0n) is 44.6. The number of furan rings is 4. The van der Waals surface area contributed by atoms with Crippen LogP contribution in [0.4, 0.5) is 0 Å². The summed E-state index contributed by atoms with van der Waals surface area (Å²) >= 11 is 0. The van der Waals surface area contributed by atoms with Crippen molar-refractivity contribution in [1.29, 1.82) is 0 Å². The summed E-state index contributed by atoms with van der Waals surface area (Å²) < 4.78 is 32.1. The van der Waals surface area contributed by atoms with Crippen LogP contribution in [0.25, 0.3) is 208 Å². The Balaban J connectivity index is 0.936. The van der Waals surface area contributed by atoms with Crippen LogP contribution >= 0.6 is 0 Å². The Morgan fingerprint density at radius 2 is 0.440 bits per heavy atom. The van der Waals surface area contributed by atoms with E-state index in [1.807, 2.05) is 24.3 Å². The molecule has 21 rings (SSSR count).